The van der Waals surface area contributed by atoms with Crippen LogP contribution in [0.4, 0.5) is 11.4 Å². The molecule has 98 valence electrons. The van der Waals surface area contributed by atoms with Crippen LogP contribution in [0.25, 0.3) is 0 Å². The molecule has 0 saturated carbocycles. The first-order chi connectivity index (χ1) is 8.66. The quantitative estimate of drug-likeness (QED) is 0.508. The Labute approximate surface area is 119 Å². The minimum Gasteiger partial charge on any atom is -0.382 e. The van der Waals surface area contributed by atoms with Crippen LogP contribution < -0.4 is 5.32 Å². The van der Waals surface area contributed by atoms with Gasteiger partial charge in [-0.1, -0.05) is 0 Å². The lowest BCUT2D eigenvalue weighted by molar-refractivity contribution is -0.384. The second-order valence-electron chi connectivity index (χ2n) is 4.29. The van der Waals surface area contributed by atoms with Crippen LogP contribution in [0, 0.1) is 13.7 Å². The smallest absolute Gasteiger partial charge is 0.270 e. The van der Waals surface area contributed by atoms with Gasteiger partial charge in [-0.15, -0.1) is 0 Å². The Bertz CT molecular complexity index is 433. The molecule has 0 radical (unpaired) electrons. The maximum Gasteiger partial charge on any atom is 0.270 e. The highest BCUT2D eigenvalue weighted by Crippen LogP contribution is 2.24. The van der Waals surface area contributed by atoms with Crippen molar-refractivity contribution in [2.75, 3.05) is 18.5 Å². The first-order valence-electron chi connectivity index (χ1n) is 5.96. The molecule has 1 fully saturated rings. The molecular weight excluding hydrogens is 347 g/mol. The minimum absolute atomic E-state index is 0.124. The monoisotopic (exact) mass is 362 g/mol. The van der Waals surface area contributed by atoms with Crippen molar-refractivity contribution >= 4 is 34.0 Å². The fraction of sp³-hybridized carbons (Fsp3) is 0.500. The fourth-order valence-corrected chi connectivity index (χ4v) is 2.64. The van der Waals surface area contributed by atoms with Crippen LogP contribution in [0.3, 0.4) is 0 Å². The number of nitrogens with one attached hydrogen (secondary N) is 1. The van der Waals surface area contributed by atoms with E-state index in [0.717, 1.165) is 35.3 Å². The van der Waals surface area contributed by atoms with E-state index in [4.69, 9.17) is 4.74 Å². The number of nitrogens with zero attached hydrogens (tertiary/aromatic N) is 1. The fourth-order valence-electron chi connectivity index (χ4n) is 1.95. The number of halogens is 1. The molecule has 2 rings (SSSR count). The summed E-state index contributed by atoms with van der Waals surface area (Å²) in [5.41, 5.74) is 1.05. The van der Waals surface area contributed by atoms with Crippen molar-refractivity contribution in [2.45, 2.75) is 25.4 Å². The molecule has 1 aliphatic heterocycles. The van der Waals surface area contributed by atoms with E-state index >= 15 is 0 Å². The van der Waals surface area contributed by atoms with E-state index in [1.165, 1.54) is 12.5 Å². The summed E-state index contributed by atoms with van der Waals surface area (Å²) in [5, 5.41) is 13.9. The van der Waals surface area contributed by atoms with Crippen LogP contribution in [-0.4, -0.2) is 24.2 Å². The third-order valence-corrected chi connectivity index (χ3v) is 3.85. The van der Waals surface area contributed by atoms with E-state index in [0.29, 0.717) is 0 Å². The highest BCUT2D eigenvalue weighted by Gasteiger charge is 2.14. The zero-order chi connectivity index (χ0) is 13.0. The number of rotatable bonds is 4. The van der Waals surface area contributed by atoms with Crippen molar-refractivity contribution in [1.82, 2.24) is 0 Å². The van der Waals surface area contributed by atoms with Gasteiger partial charge in [0.1, 0.15) is 0 Å². The molecule has 5 nitrogen and oxygen atoms in total. The molecule has 0 aromatic heterocycles. The topological polar surface area (TPSA) is 64.4 Å². The lowest BCUT2D eigenvalue weighted by atomic mass is 10.1. The Balaban J connectivity index is 1.94. The van der Waals surface area contributed by atoms with Crippen LogP contribution in [0.1, 0.15) is 19.3 Å². The third-order valence-electron chi connectivity index (χ3n) is 2.96. The number of hydrogen-bond donors (Lipinski definition) is 1. The van der Waals surface area contributed by atoms with Crippen LogP contribution in [0.15, 0.2) is 18.2 Å². The molecule has 1 aliphatic rings. The third kappa shape index (κ3) is 3.55. The Hall–Kier alpha value is -0.890. The Morgan fingerprint density at radius 2 is 2.33 bits per heavy atom. The Morgan fingerprint density at radius 1 is 1.50 bits per heavy atom. The lowest BCUT2D eigenvalue weighted by Gasteiger charge is -2.23. The van der Waals surface area contributed by atoms with Crippen LogP contribution >= 0.6 is 22.6 Å². The SMILES string of the molecule is O=[N+]([O-])c1ccc(NCC2CCCCO2)c(I)c1. The van der Waals surface area contributed by atoms with E-state index in [-0.39, 0.29) is 16.7 Å². The van der Waals surface area contributed by atoms with Gasteiger partial charge < -0.3 is 10.1 Å². The Kier molecular flexibility index (Phi) is 4.76. The van der Waals surface area contributed by atoms with Gasteiger partial charge in [0.2, 0.25) is 0 Å². The molecule has 0 aliphatic carbocycles. The molecule has 1 unspecified atom stereocenters. The number of hydrogen-bond acceptors (Lipinski definition) is 4. The van der Waals surface area contributed by atoms with Crippen molar-refractivity contribution in [3.63, 3.8) is 0 Å². The van der Waals surface area contributed by atoms with E-state index in [2.05, 4.69) is 27.9 Å². The van der Waals surface area contributed by atoms with E-state index in [1.54, 1.807) is 12.1 Å². The number of ether oxygens (including phenoxy) is 1. The zero-order valence-electron chi connectivity index (χ0n) is 9.89. The summed E-state index contributed by atoms with van der Waals surface area (Å²) in [4.78, 5) is 10.3. The molecule has 0 spiro atoms. The second kappa shape index (κ2) is 6.33. The van der Waals surface area contributed by atoms with Gasteiger partial charge in [0.05, 0.1) is 11.0 Å². The number of nitro groups is 1. The van der Waals surface area contributed by atoms with Gasteiger partial charge in [-0.3, -0.25) is 10.1 Å². The molecule has 1 saturated heterocycles. The molecule has 0 amide bonds. The predicted molar refractivity (Wildman–Crippen MR) is 77.9 cm³/mol. The number of nitro benzene ring substituents is 1. The molecule has 1 aromatic carbocycles. The van der Waals surface area contributed by atoms with Crippen molar-refractivity contribution < 1.29 is 9.66 Å². The molecule has 0 bridgehead atoms. The summed E-state index contributed by atoms with van der Waals surface area (Å²) in [6.45, 7) is 1.59. The average molecular weight is 362 g/mol. The van der Waals surface area contributed by atoms with Crippen LogP contribution in [0.2, 0.25) is 0 Å². The summed E-state index contributed by atoms with van der Waals surface area (Å²) < 4.78 is 6.49. The first-order valence-corrected chi connectivity index (χ1v) is 7.04. The maximum absolute atomic E-state index is 10.6. The Morgan fingerprint density at radius 3 is 2.94 bits per heavy atom. The summed E-state index contributed by atoms with van der Waals surface area (Å²) in [6, 6.07) is 4.85. The van der Waals surface area contributed by atoms with Crippen molar-refractivity contribution in [2.24, 2.45) is 0 Å². The predicted octanol–water partition coefficient (Wildman–Crippen LogP) is 3.18. The van der Waals surface area contributed by atoms with Gasteiger partial charge >= 0.3 is 0 Å². The standard InChI is InChI=1S/C12H15IN2O3/c13-11-7-9(15(16)17)4-5-12(11)14-8-10-3-1-2-6-18-10/h4-5,7,10,14H,1-3,6,8H2. The highest BCUT2D eigenvalue weighted by atomic mass is 127. The van der Waals surface area contributed by atoms with Crippen molar-refractivity contribution in [1.29, 1.82) is 0 Å². The largest absolute Gasteiger partial charge is 0.382 e. The molecule has 1 N–H and O–H groups in total. The van der Waals surface area contributed by atoms with E-state index < -0.39 is 0 Å². The highest BCUT2D eigenvalue weighted by molar-refractivity contribution is 14.1. The molecule has 1 heterocycles. The molecule has 1 atom stereocenters. The van der Waals surface area contributed by atoms with Gasteiger partial charge in [0, 0.05) is 34.5 Å². The number of anilines is 1. The van der Waals surface area contributed by atoms with Crippen molar-refractivity contribution in [3.8, 4) is 0 Å². The molecule has 18 heavy (non-hydrogen) atoms. The second-order valence-corrected chi connectivity index (χ2v) is 5.45. The van der Waals surface area contributed by atoms with E-state index in [9.17, 15) is 10.1 Å². The van der Waals surface area contributed by atoms with Crippen LogP contribution in [-0.2, 0) is 4.74 Å². The molecule has 1 aromatic rings. The van der Waals surface area contributed by atoms with Crippen LogP contribution in [0.5, 0.6) is 0 Å². The van der Waals surface area contributed by atoms with Gasteiger partial charge in [-0.05, 0) is 47.9 Å². The van der Waals surface area contributed by atoms with E-state index in [1.807, 2.05) is 0 Å². The molecule has 6 heteroatoms. The average Bonchev–Trinajstić information content (AvgIpc) is 2.38. The van der Waals surface area contributed by atoms with Gasteiger partial charge in [0.15, 0.2) is 0 Å². The zero-order valence-corrected chi connectivity index (χ0v) is 12.1. The normalized spacial score (nSPS) is 19.5. The van der Waals surface area contributed by atoms with Crippen molar-refractivity contribution in [3.05, 3.63) is 31.9 Å². The lowest BCUT2D eigenvalue weighted by Crippen LogP contribution is -2.27. The molecular formula is C12H15IN2O3. The van der Waals surface area contributed by atoms with Gasteiger partial charge in [-0.2, -0.15) is 0 Å². The summed E-state index contributed by atoms with van der Waals surface area (Å²) >= 11 is 2.11. The summed E-state index contributed by atoms with van der Waals surface area (Å²) in [5.74, 6) is 0. The number of benzene rings is 1. The number of non-ortho nitro benzene ring substituents is 1. The maximum atomic E-state index is 10.6. The van der Waals surface area contributed by atoms with Gasteiger partial charge in [-0.25, -0.2) is 0 Å². The summed E-state index contributed by atoms with van der Waals surface area (Å²) in [6.07, 6.45) is 3.69. The summed E-state index contributed by atoms with van der Waals surface area (Å²) in [7, 11) is 0. The first kappa shape index (κ1) is 13.5. The minimum atomic E-state index is -0.379. The van der Waals surface area contributed by atoms with Gasteiger partial charge in [0.25, 0.3) is 5.69 Å².